The van der Waals surface area contributed by atoms with Gasteiger partial charge in [0.15, 0.2) is 0 Å². The second-order valence-corrected chi connectivity index (χ2v) is 6.54. The molecular weight excluding hydrogens is 281 g/mol. The van der Waals surface area contributed by atoms with Crippen LogP contribution < -0.4 is 5.32 Å². The third-order valence-electron chi connectivity index (χ3n) is 4.20. The van der Waals surface area contributed by atoms with Gasteiger partial charge in [-0.05, 0) is 29.5 Å². The highest BCUT2D eigenvalue weighted by molar-refractivity contribution is 6.33. The van der Waals surface area contributed by atoms with E-state index in [-0.39, 0.29) is 11.3 Å². The van der Waals surface area contributed by atoms with Gasteiger partial charge in [-0.25, -0.2) is 0 Å². The molecule has 0 saturated heterocycles. The Bertz CT molecular complexity index is 509. The van der Waals surface area contributed by atoms with E-state index in [1.165, 1.54) is 25.7 Å². The zero-order chi connectivity index (χ0) is 13.4. The first-order valence-electron chi connectivity index (χ1n) is 6.89. The largest absolute Gasteiger partial charge is 0.325 e. The summed E-state index contributed by atoms with van der Waals surface area (Å²) >= 11 is 12.8. The molecule has 1 aliphatic carbocycles. The zero-order valence-corrected chi connectivity index (χ0v) is 12.2. The highest BCUT2D eigenvalue weighted by atomic mass is 35.5. The van der Waals surface area contributed by atoms with Crippen LogP contribution in [0.4, 0.5) is 5.69 Å². The standard InChI is InChI=1S/C15H17Cl2NO/c16-12(5-9-3-1-2-4-9)11-6-10-7-15(19)18-14(10)8-13(11)17/h6,8-9,12H,1-5,7H2,(H,18,19). The van der Waals surface area contributed by atoms with Gasteiger partial charge in [-0.3, -0.25) is 4.79 Å². The minimum absolute atomic E-state index is 0.0325. The summed E-state index contributed by atoms with van der Waals surface area (Å²) in [5, 5.41) is 3.43. The molecular formula is C15H17Cl2NO. The second-order valence-electron chi connectivity index (χ2n) is 5.61. The fraction of sp³-hybridized carbons (Fsp3) is 0.533. The van der Waals surface area contributed by atoms with Crippen molar-refractivity contribution >= 4 is 34.8 Å². The lowest BCUT2D eigenvalue weighted by Gasteiger charge is -2.17. The quantitative estimate of drug-likeness (QED) is 0.805. The van der Waals surface area contributed by atoms with E-state index in [1.807, 2.05) is 12.1 Å². The Morgan fingerprint density at radius 2 is 2.05 bits per heavy atom. The van der Waals surface area contributed by atoms with Crippen LogP contribution in [0.25, 0.3) is 0 Å². The van der Waals surface area contributed by atoms with Crippen LogP contribution in [-0.4, -0.2) is 5.91 Å². The van der Waals surface area contributed by atoms with Gasteiger partial charge in [0.05, 0.1) is 11.8 Å². The first-order valence-corrected chi connectivity index (χ1v) is 7.71. The number of amides is 1. The predicted molar refractivity (Wildman–Crippen MR) is 79.0 cm³/mol. The lowest BCUT2D eigenvalue weighted by atomic mass is 9.96. The summed E-state index contributed by atoms with van der Waals surface area (Å²) in [6, 6.07) is 3.84. The van der Waals surface area contributed by atoms with Gasteiger partial charge < -0.3 is 5.32 Å². The molecule has 19 heavy (non-hydrogen) atoms. The van der Waals surface area contributed by atoms with Gasteiger partial charge in [0.25, 0.3) is 0 Å². The summed E-state index contributed by atoms with van der Waals surface area (Å²) in [5.74, 6) is 0.761. The van der Waals surface area contributed by atoms with Crippen molar-refractivity contribution < 1.29 is 4.79 Å². The van der Waals surface area contributed by atoms with E-state index in [9.17, 15) is 4.79 Å². The number of hydrogen-bond acceptors (Lipinski definition) is 1. The molecule has 1 saturated carbocycles. The van der Waals surface area contributed by atoms with Gasteiger partial charge in [-0.15, -0.1) is 11.6 Å². The maximum absolute atomic E-state index is 11.4. The SMILES string of the molecule is O=C1Cc2cc(C(Cl)CC3CCCC3)c(Cl)cc2N1. The molecule has 1 N–H and O–H groups in total. The van der Waals surface area contributed by atoms with Gasteiger partial charge in [0.1, 0.15) is 0 Å². The van der Waals surface area contributed by atoms with Crippen LogP contribution in [-0.2, 0) is 11.2 Å². The topological polar surface area (TPSA) is 29.1 Å². The lowest BCUT2D eigenvalue weighted by Crippen LogP contribution is -2.03. The number of carbonyl (C=O) groups excluding carboxylic acids is 1. The maximum Gasteiger partial charge on any atom is 0.228 e. The monoisotopic (exact) mass is 297 g/mol. The van der Waals surface area contributed by atoms with E-state index in [2.05, 4.69) is 5.32 Å². The summed E-state index contributed by atoms with van der Waals surface area (Å²) in [6.45, 7) is 0. The van der Waals surface area contributed by atoms with Crippen molar-refractivity contribution in [3.8, 4) is 0 Å². The Labute approximate surface area is 123 Å². The summed E-state index contributed by atoms with van der Waals surface area (Å²) in [6.07, 6.45) is 6.64. The summed E-state index contributed by atoms with van der Waals surface area (Å²) in [4.78, 5) is 11.4. The lowest BCUT2D eigenvalue weighted by molar-refractivity contribution is -0.115. The Hall–Kier alpha value is -0.730. The minimum Gasteiger partial charge on any atom is -0.325 e. The zero-order valence-electron chi connectivity index (χ0n) is 10.7. The molecule has 2 aliphatic rings. The number of benzene rings is 1. The van der Waals surface area contributed by atoms with E-state index < -0.39 is 0 Å². The smallest absolute Gasteiger partial charge is 0.228 e. The molecule has 0 radical (unpaired) electrons. The number of fused-ring (bicyclic) bond motifs is 1. The number of rotatable bonds is 3. The van der Waals surface area contributed by atoms with Gasteiger partial charge in [-0.1, -0.05) is 43.4 Å². The highest BCUT2D eigenvalue weighted by Crippen LogP contribution is 2.40. The fourth-order valence-corrected chi connectivity index (χ4v) is 3.96. The Kier molecular flexibility index (Phi) is 3.72. The molecule has 1 unspecified atom stereocenters. The highest BCUT2D eigenvalue weighted by Gasteiger charge is 2.24. The van der Waals surface area contributed by atoms with Crippen LogP contribution in [0.1, 0.15) is 48.6 Å². The molecule has 1 amide bonds. The normalized spacial score (nSPS) is 20.4. The van der Waals surface area contributed by atoms with E-state index in [4.69, 9.17) is 23.2 Å². The summed E-state index contributed by atoms with van der Waals surface area (Å²) in [5.41, 5.74) is 2.83. The molecule has 1 heterocycles. The van der Waals surface area contributed by atoms with Crippen LogP contribution in [0.15, 0.2) is 12.1 Å². The van der Waals surface area contributed by atoms with Crippen LogP contribution in [0.5, 0.6) is 0 Å². The average molecular weight is 298 g/mol. The van der Waals surface area contributed by atoms with Crippen LogP contribution in [0.2, 0.25) is 5.02 Å². The third kappa shape index (κ3) is 2.75. The first kappa shape index (κ1) is 13.3. The minimum atomic E-state index is -0.0448. The van der Waals surface area contributed by atoms with Gasteiger partial charge in [0, 0.05) is 10.7 Å². The van der Waals surface area contributed by atoms with Crippen molar-refractivity contribution in [1.29, 1.82) is 0 Å². The van der Waals surface area contributed by atoms with Crippen molar-refractivity contribution in [2.24, 2.45) is 5.92 Å². The van der Waals surface area contributed by atoms with Crippen molar-refractivity contribution in [2.45, 2.75) is 43.9 Å². The second kappa shape index (κ2) is 5.34. The van der Waals surface area contributed by atoms with Crippen LogP contribution in [0.3, 0.4) is 0 Å². The number of hydrogen-bond donors (Lipinski definition) is 1. The molecule has 1 fully saturated rings. The van der Waals surface area contributed by atoms with Crippen LogP contribution in [0, 0.1) is 5.92 Å². The number of halogens is 2. The van der Waals surface area contributed by atoms with Crippen molar-refractivity contribution in [3.63, 3.8) is 0 Å². The van der Waals surface area contributed by atoms with Gasteiger partial charge in [-0.2, -0.15) is 0 Å². The van der Waals surface area contributed by atoms with E-state index >= 15 is 0 Å². The number of alkyl halides is 1. The van der Waals surface area contributed by atoms with Crippen LogP contribution >= 0.6 is 23.2 Å². The number of carbonyl (C=O) groups is 1. The van der Waals surface area contributed by atoms with Gasteiger partial charge in [0.2, 0.25) is 5.91 Å². The Morgan fingerprint density at radius 1 is 1.32 bits per heavy atom. The number of nitrogens with one attached hydrogen (secondary N) is 1. The van der Waals surface area contributed by atoms with Crippen molar-refractivity contribution in [3.05, 3.63) is 28.3 Å². The molecule has 1 aliphatic heterocycles. The molecule has 3 rings (SSSR count). The summed E-state index contributed by atoms with van der Waals surface area (Å²) < 4.78 is 0. The molecule has 0 bridgehead atoms. The fourth-order valence-electron chi connectivity index (χ4n) is 3.17. The van der Waals surface area contributed by atoms with Crippen molar-refractivity contribution in [1.82, 2.24) is 0 Å². The average Bonchev–Trinajstić information content (AvgIpc) is 2.96. The molecule has 1 aromatic carbocycles. The molecule has 4 heteroatoms. The molecule has 102 valence electrons. The predicted octanol–water partition coefficient (Wildman–Crippen LogP) is 4.69. The molecule has 2 nitrogen and oxygen atoms in total. The Morgan fingerprint density at radius 3 is 2.79 bits per heavy atom. The molecule has 0 spiro atoms. The maximum atomic E-state index is 11.4. The molecule has 1 atom stereocenters. The van der Waals surface area contributed by atoms with E-state index in [0.717, 1.165) is 29.2 Å². The Balaban J connectivity index is 1.80. The van der Waals surface area contributed by atoms with Gasteiger partial charge >= 0.3 is 0 Å². The summed E-state index contributed by atoms with van der Waals surface area (Å²) in [7, 11) is 0. The van der Waals surface area contributed by atoms with E-state index in [0.29, 0.717) is 11.4 Å². The van der Waals surface area contributed by atoms with Crippen molar-refractivity contribution in [2.75, 3.05) is 5.32 Å². The van der Waals surface area contributed by atoms with E-state index in [1.54, 1.807) is 0 Å². The first-order chi connectivity index (χ1) is 9.13. The third-order valence-corrected chi connectivity index (χ3v) is 4.94. The molecule has 0 aromatic heterocycles. The number of anilines is 1. The molecule has 1 aromatic rings.